The fourth-order valence-electron chi connectivity index (χ4n) is 1.84. The highest BCUT2D eigenvalue weighted by Gasteiger charge is 2.19. The minimum atomic E-state index is -3.71. The second-order valence-electron chi connectivity index (χ2n) is 6.68. The summed E-state index contributed by atoms with van der Waals surface area (Å²) in [5, 5.41) is 2.66. The molecule has 0 aliphatic rings. The molecule has 7 nitrogen and oxygen atoms in total. The highest BCUT2D eigenvalue weighted by atomic mass is 32.2. The van der Waals surface area contributed by atoms with Crippen LogP contribution in [0.4, 0.5) is 0 Å². The van der Waals surface area contributed by atoms with Gasteiger partial charge in [-0.2, -0.15) is 0 Å². The summed E-state index contributed by atoms with van der Waals surface area (Å²) in [6, 6.07) is 5.20. The van der Waals surface area contributed by atoms with Crippen LogP contribution in [-0.4, -0.2) is 38.5 Å². The smallest absolute Gasteiger partial charge is 0.338 e. The lowest BCUT2D eigenvalue weighted by molar-refractivity contribution is -0.125. The van der Waals surface area contributed by atoms with Gasteiger partial charge in [0, 0.05) is 11.6 Å². The van der Waals surface area contributed by atoms with Gasteiger partial charge in [0.1, 0.15) is 0 Å². The summed E-state index contributed by atoms with van der Waals surface area (Å²) in [7, 11) is -3.71. The Bertz CT molecular complexity index is 705. The minimum Gasteiger partial charge on any atom is -0.452 e. The van der Waals surface area contributed by atoms with Gasteiger partial charge in [-0.15, -0.1) is 0 Å². The van der Waals surface area contributed by atoms with Crippen LogP contribution in [0.25, 0.3) is 0 Å². The number of carbonyl (C=O) groups is 2. The SMILES string of the molecule is CC(C)NS(=O)(=O)c1cccc(C(=O)OCC(=O)NC(C)(C)C)c1. The summed E-state index contributed by atoms with van der Waals surface area (Å²) >= 11 is 0. The zero-order valence-corrected chi connectivity index (χ0v) is 15.4. The Labute approximate surface area is 142 Å². The Morgan fingerprint density at radius 1 is 1.21 bits per heavy atom. The molecule has 134 valence electrons. The van der Waals surface area contributed by atoms with E-state index in [9.17, 15) is 18.0 Å². The van der Waals surface area contributed by atoms with Gasteiger partial charge < -0.3 is 10.1 Å². The van der Waals surface area contributed by atoms with Gasteiger partial charge in [-0.05, 0) is 52.8 Å². The Hall–Kier alpha value is -1.93. The second kappa shape index (κ2) is 7.76. The Morgan fingerprint density at radius 3 is 2.38 bits per heavy atom. The number of amides is 1. The number of carbonyl (C=O) groups excluding carboxylic acids is 2. The van der Waals surface area contributed by atoms with Gasteiger partial charge >= 0.3 is 5.97 Å². The van der Waals surface area contributed by atoms with Crippen molar-refractivity contribution in [1.29, 1.82) is 0 Å². The van der Waals surface area contributed by atoms with Crippen LogP contribution in [0.5, 0.6) is 0 Å². The van der Waals surface area contributed by atoms with Gasteiger partial charge in [-0.25, -0.2) is 17.9 Å². The number of ether oxygens (including phenoxy) is 1. The molecule has 1 aromatic rings. The highest BCUT2D eigenvalue weighted by Crippen LogP contribution is 2.13. The fraction of sp³-hybridized carbons (Fsp3) is 0.500. The normalized spacial score (nSPS) is 12.1. The van der Waals surface area contributed by atoms with E-state index >= 15 is 0 Å². The van der Waals surface area contributed by atoms with Crippen molar-refractivity contribution >= 4 is 21.9 Å². The molecular weight excluding hydrogens is 332 g/mol. The molecule has 2 N–H and O–H groups in total. The predicted octanol–water partition coefficient (Wildman–Crippen LogP) is 1.44. The molecule has 0 saturated carbocycles. The number of rotatable bonds is 6. The molecule has 0 radical (unpaired) electrons. The summed E-state index contributed by atoms with van der Waals surface area (Å²) in [6.07, 6.45) is 0. The third kappa shape index (κ3) is 6.67. The molecule has 1 aromatic carbocycles. The standard InChI is InChI=1S/C16H24N2O5S/c1-11(2)18-24(21,22)13-8-6-7-12(9-13)15(20)23-10-14(19)17-16(3,4)5/h6-9,11,18H,10H2,1-5H3,(H,17,19). The van der Waals surface area contributed by atoms with Gasteiger partial charge in [0.05, 0.1) is 10.5 Å². The fourth-order valence-corrected chi connectivity index (χ4v) is 3.13. The quantitative estimate of drug-likeness (QED) is 0.751. The average molecular weight is 356 g/mol. The lowest BCUT2D eigenvalue weighted by Crippen LogP contribution is -2.42. The monoisotopic (exact) mass is 356 g/mol. The zero-order chi connectivity index (χ0) is 18.5. The number of esters is 1. The van der Waals surface area contributed by atoms with E-state index < -0.39 is 34.0 Å². The van der Waals surface area contributed by atoms with E-state index in [2.05, 4.69) is 10.0 Å². The molecule has 0 atom stereocenters. The van der Waals surface area contributed by atoms with Crippen molar-refractivity contribution < 1.29 is 22.7 Å². The van der Waals surface area contributed by atoms with Crippen LogP contribution in [0.3, 0.4) is 0 Å². The summed E-state index contributed by atoms with van der Waals surface area (Å²) < 4.78 is 31.6. The topological polar surface area (TPSA) is 102 Å². The molecule has 0 unspecified atom stereocenters. The van der Waals surface area contributed by atoms with Crippen LogP contribution in [0.15, 0.2) is 29.2 Å². The number of nitrogens with one attached hydrogen (secondary N) is 2. The van der Waals surface area contributed by atoms with Crippen LogP contribution in [0.1, 0.15) is 45.0 Å². The van der Waals surface area contributed by atoms with Gasteiger partial charge in [0.2, 0.25) is 10.0 Å². The highest BCUT2D eigenvalue weighted by molar-refractivity contribution is 7.89. The summed E-state index contributed by atoms with van der Waals surface area (Å²) in [6.45, 7) is 8.39. The van der Waals surface area contributed by atoms with Gasteiger partial charge in [-0.1, -0.05) is 6.07 Å². The molecule has 0 aliphatic carbocycles. The van der Waals surface area contributed by atoms with E-state index in [4.69, 9.17) is 4.74 Å². The maximum Gasteiger partial charge on any atom is 0.338 e. The molecular formula is C16H24N2O5S. The van der Waals surface area contributed by atoms with Crippen molar-refractivity contribution in [2.75, 3.05) is 6.61 Å². The third-order valence-corrected chi connectivity index (χ3v) is 4.28. The molecule has 0 aliphatic heterocycles. The zero-order valence-electron chi connectivity index (χ0n) is 14.5. The second-order valence-corrected chi connectivity index (χ2v) is 8.39. The van der Waals surface area contributed by atoms with E-state index in [1.54, 1.807) is 13.8 Å². The number of hydrogen-bond acceptors (Lipinski definition) is 5. The maximum absolute atomic E-state index is 12.1. The van der Waals surface area contributed by atoms with Crippen molar-refractivity contribution in [2.24, 2.45) is 0 Å². The molecule has 0 spiro atoms. The molecule has 8 heteroatoms. The predicted molar refractivity (Wildman–Crippen MR) is 90.1 cm³/mol. The van der Waals surface area contributed by atoms with Gasteiger partial charge in [0.25, 0.3) is 5.91 Å². The van der Waals surface area contributed by atoms with Crippen LogP contribution >= 0.6 is 0 Å². The van der Waals surface area contributed by atoms with E-state index in [1.807, 2.05) is 20.8 Å². The van der Waals surface area contributed by atoms with E-state index in [0.717, 1.165) is 0 Å². The van der Waals surface area contributed by atoms with E-state index in [0.29, 0.717) is 0 Å². The first kappa shape index (κ1) is 20.1. The molecule has 1 amide bonds. The van der Waals surface area contributed by atoms with Crippen molar-refractivity contribution in [3.63, 3.8) is 0 Å². The van der Waals surface area contributed by atoms with Crippen LogP contribution in [-0.2, 0) is 19.6 Å². The molecule has 24 heavy (non-hydrogen) atoms. The lowest BCUT2D eigenvalue weighted by Gasteiger charge is -2.20. The number of sulfonamides is 1. The third-order valence-electron chi connectivity index (χ3n) is 2.62. The Kier molecular flexibility index (Phi) is 6.50. The average Bonchev–Trinajstić information content (AvgIpc) is 2.41. The first-order valence-corrected chi connectivity index (χ1v) is 8.99. The van der Waals surface area contributed by atoms with Gasteiger partial charge in [0.15, 0.2) is 6.61 Å². The summed E-state index contributed by atoms with van der Waals surface area (Å²) in [4.78, 5) is 23.6. The molecule has 0 fully saturated rings. The van der Waals surface area contributed by atoms with Crippen molar-refractivity contribution in [3.8, 4) is 0 Å². The van der Waals surface area contributed by atoms with Crippen molar-refractivity contribution in [3.05, 3.63) is 29.8 Å². The summed E-state index contributed by atoms with van der Waals surface area (Å²) in [5.41, 5.74) is -0.370. The molecule has 1 rings (SSSR count). The van der Waals surface area contributed by atoms with E-state index in [1.165, 1.54) is 24.3 Å². The Balaban J connectivity index is 2.80. The van der Waals surface area contributed by atoms with Crippen molar-refractivity contribution in [1.82, 2.24) is 10.0 Å². The Morgan fingerprint density at radius 2 is 1.83 bits per heavy atom. The minimum absolute atomic E-state index is 0.0372. The van der Waals surface area contributed by atoms with Crippen LogP contribution < -0.4 is 10.0 Å². The number of benzene rings is 1. The molecule has 0 bridgehead atoms. The first-order chi connectivity index (χ1) is 10.9. The van der Waals surface area contributed by atoms with Gasteiger partial charge in [-0.3, -0.25) is 4.79 Å². The van der Waals surface area contributed by atoms with Crippen molar-refractivity contribution in [2.45, 2.75) is 51.1 Å². The maximum atomic E-state index is 12.1. The largest absolute Gasteiger partial charge is 0.452 e. The first-order valence-electron chi connectivity index (χ1n) is 7.51. The molecule has 0 saturated heterocycles. The van der Waals surface area contributed by atoms with E-state index in [-0.39, 0.29) is 16.5 Å². The van der Waals surface area contributed by atoms with Crippen LogP contribution in [0.2, 0.25) is 0 Å². The summed E-state index contributed by atoms with van der Waals surface area (Å²) in [5.74, 6) is -1.19. The molecule has 0 heterocycles. The van der Waals surface area contributed by atoms with Crippen LogP contribution in [0, 0.1) is 0 Å². The lowest BCUT2D eigenvalue weighted by atomic mass is 10.1. The number of hydrogen-bond donors (Lipinski definition) is 2. The molecule has 0 aromatic heterocycles.